The molecule has 0 radical (unpaired) electrons. The Labute approximate surface area is 307 Å². The maximum Gasteiger partial charge on any atom is 0.407 e. The van der Waals surface area contributed by atoms with Gasteiger partial charge in [0.15, 0.2) is 0 Å². The molecule has 15 nitrogen and oxygen atoms in total. The number of alkyl carbamates (subject to hydrolysis) is 1. The first-order valence-corrected chi connectivity index (χ1v) is 19.9. The number of nitrogens with zero attached hydrogens (tertiary/aromatic N) is 2. The first kappa shape index (κ1) is 36.4. The Morgan fingerprint density at radius 1 is 0.925 bits per heavy atom. The van der Waals surface area contributed by atoms with Gasteiger partial charge in [-0.1, -0.05) is 43.2 Å². The SMILES string of the molecule is O=C1N[C@H]2CCCCC/C=C\[C@@H]3C[C@@]3(C(=O)NS(=O)(=O)C3CC3)NC(=O)[C@@H]3C[C@H](CN3C2=O)NC(=O)c2cccc(n2)-c2cccc(c2)OCCCO1. The number of hydrogen-bond acceptors (Lipinski definition) is 10. The number of benzene rings is 1. The topological polar surface area (TPSA) is 202 Å². The van der Waals surface area contributed by atoms with E-state index in [0.29, 0.717) is 43.5 Å². The molecule has 5 aliphatic rings. The van der Waals surface area contributed by atoms with E-state index in [2.05, 4.69) is 25.7 Å². The summed E-state index contributed by atoms with van der Waals surface area (Å²) in [5.41, 5.74) is -0.138. The number of hydrogen-bond donors (Lipinski definition) is 4. The third-order valence-electron chi connectivity index (χ3n) is 10.4. The van der Waals surface area contributed by atoms with Crippen LogP contribution in [0.5, 0.6) is 5.75 Å². The molecular weight excluding hydrogens is 705 g/mol. The Balaban J connectivity index is 1.19. The molecular formula is C37H44N6O9S. The highest BCUT2D eigenvalue weighted by Crippen LogP contribution is 2.46. The zero-order valence-corrected chi connectivity index (χ0v) is 30.1. The largest absolute Gasteiger partial charge is 0.493 e. The van der Waals surface area contributed by atoms with Gasteiger partial charge >= 0.3 is 6.09 Å². The Morgan fingerprint density at radius 3 is 2.55 bits per heavy atom. The minimum absolute atomic E-state index is 0.00185. The fourth-order valence-electron chi connectivity index (χ4n) is 7.23. The van der Waals surface area contributed by atoms with Crippen molar-refractivity contribution >= 4 is 39.7 Å². The number of allylic oxidation sites excluding steroid dienone is 1. The average Bonchev–Trinajstić information content (AvgIpc) is 4.07. The Morgan fingerprint density at radius 2 is 1.72 bits per heavy atom. The molecule has 0 spiro atoms. The van der Waals surface area contributed by atoms with Crippen molar-refractivity contribution in [2.24, 2.45) is 5.92 Å². The summed E-state index contributed by atoms with van der Waals surface area (Å²) in [6.07, 6.45) is 7.53. The molecule has 16 heteroatoms. The normalized spacial score (nSPS) is 29.0. The van der Waals surface area contributed by atoms with Gasteiger partial charge in [-0.25, -0.2) is 18.2 Å². The summed E-state index contributed by atoms with van der Waals surface area (Å²) in [7, 11) is -3.90. The summed E-state index contributed by atoms with van der Waals surface area (Å²) in [5, 5.41) is 7.82. The van der Waals surface area contributed by atoms with Crippen LogP contribution in [0.25, 0.3) is 11.3 Å². The fraction of sp³-hybridized carbons (Fsp3) is 0.514. The van der Waals surface area contributed by atoms with Crippen LogP contribution >= 0.6 is 0 Å². The van der Waals surface area contributed by atoms with Crippen LogP contribution in [0, 0.1) is 5.92 Å². The zero-order chi connectivity index (χ0) is 37.2. The van der Waals surface area contributed by atoms with Crippen LogP contribution in [0.4, 0.5) is 4.79 Å². The number of carbonyl (C=O) groups is 5. The highest BCUT2D eigenvalue weighted by molar-refractivity contribution is 7.91. The molecule has 5 amide bonds. The van der Waals surface area contributed by atoms with Crippen molar-refractivity contribution in [1.82, 2.24) is 30.6 Å². The highest BCUT2D eigenvalue weighted by atomic mass is 32.2. The molecule has 5 atom stereocenters. The number of nitrogens with one attached hydrogen (secondary N) is 4. The van der Waals surface area contributed by atoms with Crippen LogP contribution in [-0.4, -0.2) is 96.7 Å². The monoisotopic (exact) mass is 748 g/mol. The Kier molecular flexibility index (Phi) is 10.4. The molecule has 2 saturated carbocycles. The second-order valence-electron chi connectivity index (χ2n) is 14.4. The van der Waals surface area contributed by atoms with Crippen molar-refractivity contribution in [3.05, 3.63) is 60.3 Å². The molecule has 1 aromatic carbocycles. The van der Waals surface area contributed by atoms with Gasteiger partial charge < -0.3 is 30.3 Å². The smallest absolute Gasteiger partial charge is 0.407 e. The first-order valence-electron chi connectivity index (χ1n) is 18.3. The number of sulfonamides is 1. The van der Waals surface area contributed by atoms with Crippen molar-refractivity contribution < 1.29 is 41.9 Å². The van der Waals surface area contributed by atoms with Gasteiger partial charge in [0.05, 0.1) is 24.2 Å². The highest BCUT2D eigenvalue weighted by Gasteiger charge is 2.62. The van der Waals surface area contributed by atoms with Gasteiger partial charge in [-0.3, -0.25) is 23.9 Å². The Hall–Kier alpha value is -4.99. The maximum atomic E-state index is 14.3. The third kappa shape index (κ3) is 8.32. The zero-order valence-electron chi connectivity index (χ0n) is 29.3. The van der Waals surface area contributed by atoms with Gasteiger partial charge in [0.25, 0.3) is 11.8 Å². The molecule has 1 aromatic heterocycles. The second kappa shape index (κ2) is 15.2. The lowest BCUT2D eigenvalue weighted by Crippen LogP contribution is -2.58. The van der Waals surface area contributed by atoms with Crippen LogP contribution in [0.15, 0.2) is 54.6 Å². The molecule has 4 heterocycles. The van der Waals surface area contributed by atoms with E-state index < -0.39 is 74.6 Å². The number of cyclic esters (lactones) is 1. The van der Waals surface area contributed by atoms with Crippen molar-refractivity contribution in [2.75, 3.05) is 19.8 Å². The number of rotatable bonds is 3. The van der Waals surface area contributed by atoms with Gasteiger partial charge in [0.1, 0.15) is 29.1 Å². The van der Waals surface area contributed by atoms with E-state index in [1.165, 1.54) is 4.90 Å². The Bertz CT molecular complexity index is 1920. The van der Waals surface area contributed by atoms with Crippen LogP contribution < -0.4 is 25.4 Å². The first-order chi connectivity index (χ1) is 25.5. The van der Waals surface area contributed by atoms with Crippen molar-refractivity contribution in [3.63, 3.8) is 0 Å². The van der Waals surface area contributed by atoms with Gasteiger partial charge in [-0.05, 0) is 69.2 Å². The summed E-state index contributed by atoms with van der Waals surface area (Å²) in [4.78, 5) is 74.8. The van der Waals surface area contributed by atoms with Crippen molar-refractivity contribution in [2.45, 2.75) is 93.1 Å². The van der Waals surface area contributed by atoms with E-state index in [0.717, 1.165) is 18.4 Å². The van der Waals surface area contributed by atoms with E-state index in [1.54, 1.807) is 30.3 Å². The fourth-order valence-corrected chi connectivity index (χ4v) is 8.59. The molecule has 1 saturated heterocycles. The molecule has 3 aliphatic heterocycles. The summed E-state index contributed by atoms with van der Waals surface area (Å²) >= 11 is 0. The summed E-state index contributed by atoms with van der Waals surface area (Å²) in [6, 6.07) is 9.42. The van der Waals surface area contributed by atoms with E-state index in [1.807, 2.05) is 24.3 Å². The molecule has 7 rings (SSSR count). The quantitative estimate of drug-likeness (QED) is 0.338. The standard InChI is InChI=1S/C37H44N6O9S/c44-32-29-14-7-13-28(39-29)23-9-6-11-26(19-23)51-17-8-18-52-36(48)40-30-12-5-3-1-2-4-10-24-21-37(24,35(47)42-53(49,50)27-15-16-27)41-33(45)31-20-25(38-32)22-43(31)34(30)46/h4,6-7,9-11,13-14,19,24-25,27,30-31H,1-3,5,8,12,15-18,20-22H2,(H,38,44)(H,40,48)(H,41,45)(H,42,47)/b10-4-/t24-,25-,30+,31+,37-/m1/s1. The van der Waals surface area contributed by atoms with E-state index >= 15 is 0 Å². The predicted octanol–water partition coefficient (Wildman–Crippen LogP) is 2.33. The van der Waals surface area contributed by atoms with Gasteiger partial charge in [0, 0.05) is 30.5 Å². The minimum Gasteiger partial charge on any atom is -0.493 e. The van der Waals surface area contributed by atoms with Gasteiger partial charge in [0.2, 0.25) is 21.8 Å². The molecule has 0 unspecified atom stereocenters. The maximum absolute atomic E-state index is 14.3. The van der Waals surface area contributed by atoms with Crippen molar-refractivity contribution in [1.29, 1.82) is 0 Å². The predicted molar refractivity (Wildman–Crippen MR) is 191 cm³/mol. The molecule has 2 aliphatic carbocycles. The molecule has 2 aromatic rings. The van der Waals surface area contributed by atoms with Crippen LogP contribution in [0.2, 0.25) is 0 Å². The lowest BCUT2D eigenvalue weighted by molar-refractivity contribution is -0.141. The second-order valence-corrected chi connectivity index (χ2v) is 16.4. The molecule has 282 valence electrons. The number of amides is 5. The van der Waals surface area contributed by atoms with Crippen molar-refractivity contribution in [3.8, 4) is 17.0 Å². The summed E-state index contributed by atoms with van der Waals surface area (Å²) in [6.45, 7) is 0.225. The molecule has 53 heavy (non-hydrogen) atoms. The summed E-state index contributed by atoms with van der Waals surface area (Å²) < 4.78 is 39.0. The molecule has 3 fully saturated rings. The van der Waals surface area contributed by atoms with Crippen LogP contribution in [-0.2, 0) is 29.1 Å². The average molecular weight is 749 g/mol. The molecule has 4 N–H and O–H groups in total. The summed E-state index contributed by atoms with van der Waals surface area (Å²) in [5.74, 6) is -2.40. The molecule has 7 bridgehead atoms. The van der Waals surface area contributed by atoms with Crippen LogP contribution in [0.3, 0.4) is 0 Å². The van der Waals surface area contributed by atoms with Crippen LogP contribution in [0.1, 0.15) is 74.7 Å². The lowest BCUT2D eigenvalue weighted by atomic mass is 10.0. The van der Waals surface area contributed by atoms with E-state index in [9.17, 15) is 32.4 Å². The number of aromatic nitrogens is 1. The number of carbonyl (C=O) groups excluding carboxylic acids is 5. The van der Waals surface area contributed by atoms with Gasteiger partial charge in [-0.2, -0.15) is 0 Å². The van der Waals surface area contributed by atoms with Gasteiger partial charge in [-0.15, -0.1) is 0 Å². The lowest BCUT2D eigenvalue weighted by Gasteiger charge is -2.30. The number of pyridine rings is 1. The number of fused-ring (bicyclic) bond motifs is 8. The van der Waals surface area contributed by atoms with E-state index in [-0.39, 0.29) is 44.7 Å². The third-order valence-corrected chi connectivity index (χ3v) is 12.2. The minimum atomic E-state index is -3.90. The number of ether oxygens (including phenoxy) is 2. The van der Waals surface area contributed by atoms with E-state index in [4.69, 9.17) is 9.47 Å².